The molecule has 3 rings (SSSR count). The van der Waals surface area contributed by atoms with Crippen molar-refractivity contribution in [3.63, 3.8) is 0 Å². The van der Waals surface area contributed by atoms with E-state index in [1.807, 2.05) is 20.8 Å². The fraction of sp³-hybridized carbons (Fsp3) is 0.529. The zero-order valence-corrected chi connectivity index (χ0v) is 15.1. The van der Waals surface area contributed by atoms with Crippen LogP contribution in [0.1, 0.15) is 39.6 Å². The Hall–Kier alpha value is -2.48. The smallest absolute Gasteiger partial charge is 0.288 e. The third-order valence-electron chi connectivity index (χ3n) is 4.69. The van der Waals surface area contributed by atoms with Crippen molar-refractivity contribution in [1.29, 1.82) is 0 Å². The molecule has 1 atom stereocenters. The van der Waals surface area contributed by atoms with Gasteiger partial charge in [0.15, 0.2) is 0 Å². The Bertz CT molecular complexity index is 772. The second-order valence-corrected chi connectivity index (χ2v) is 6.42. The second kappa shape index (κ2) is 7.18. The van der Waals surface area contributed by atoms with Gasteiger partial charge in [-0.1, -0.05) is 5.16 Å². The molecule has 2 N–H and O–H groups in total. The van der Waals surface area contributed by atoms with Gasteiger partial charge in [-0.2, -0.15) is 0 Å². The van der Waals surface area contributed by atoms with Crippen molar-refractivity contribution in [1.82, 2.24) is 25.8 Å². The van der Waals surface area contributed by atoms with Gasteiger partial charge in [0.2, 0.25) is 5.82 Å². The highest BCUT2D eigenvalue weighted by atomic mass is 16.5. The molecule has 0 bridgehead atoms. The number of rotatable bonds is 5. The van der Waals surface area contributed by atoms with Gasteiger partial charge in [-0.15, -0.1) is 0 Å². The summed E-state index contributed by atoms with van der Waals surface area (Å²) in [4.78, 5) is 22.9. The van der Waals surface area contributed by atoms with E-state index in [0.717, 1.165) is 47.8 Å². The summed E-state index contributed by atoms with van der Waals surface area (Å²) >= 11 is 0. The summed E-state index contributed by atoms with van der Waals surface area (Å²) in [5.41, 5.74) is 3.84. The SMILES string of the molecule is CNC(=O)c1nc(C)c(C)c(N2CC[C@@H](NCc3nocc3C)C2)n1. The molecular formula is C17H24N6O2. The largest absolute Gasteiger partial charge is 0.364 e. The first-order valence-corrected chi connectivity index (χ1v) is 8.45. The summed E-state index contributed by atoms with van der Waals surface area (Å²) in [5, 5.41) is 10.1. The highest BCUT2D eigenvalue weighted by molar-refractivity contribution is 5.90. The van der Waals surface area contributed by atoms with Crippen molar-refractivity contribution >= 4 is 11.7 Å². The van der Waals surface area contributed by atoms with E-state index < -0.39 is 0 Å². The van der Waals surface area contributed by atoms with Gasteiger partial charge in [0.25, 0.3) is 5.91 Å². The van der Waals surface area contributed by atoms with Crippen LogP contribution in [0.4, 0.5) is 5.82 Å². The first kappa shape index (κ1) is 17.3. The van der Waals surface area contributed by atoms with Crippen molar-refractivity contribution in [3.8, 4) is 0 Å². The van der Waals surface area contributed by atoms with Crippen LogP contribution in [0.3, 0.4) is 0 Å². The Labute approximate surface area is 147 Å². The summed E-state index contributed by atoms with van der Waals surface area (Å²) in [6.07, 6.45) is 2.67. The number of anilines is 1. The van der Waals surface area contributed by atoms with Crippen LogP contribution in [0.25, 0.3) is 0 Å². The van der Waals surface area contributed by atoms with E-state index in [1.165, 1.54) is 0 Å². The lowest BCUT2D eigenvalue weighted by Gasteiger charge is -2.21. The summed E-state index contributed by atoms with van der Waals surface area (Å²) in [5.74, 6) is 0.794. The van der Waals surface area contributed by atoms with Gasteiger partial charge in [0, 0.05) is 49.5 Å². The monoisotopic (exact) mass is 344 g/mol. The van der Waals surface area contributed by atoms with Crippen LogP contribution in [-0.4, -0.2) is 47.2 Å². The maximum absolute atomic E-state index is 11.9. The van der Waals surface area contributed by atoms with Gasteiger partial charge in [-0.05, 0) is 27.2 Å². The first-order chi connectivity index (χ1) is 12.0. The Morgan fingerprint density at radius 3 is 2.84 bits per heavy atom. The van der Waals surface area contributed by atoms with Crippen LogP contribution >= 0.6 is 0 Å². The molecule has 8 heteroatoms. The predicted octanol–water partition coefficient (Wildman–Crippen LogP) is 1.12. The van der Waals surface area contributed by atoms with Crippen LogP contribution in [0, 0.1) is 20.8 Å². The van der Waals surface area contributed by atoms with E-state index in [1.54, 1.807) is 13.3 Å². The van der Waals surface area contributed by atoms with Crippen molar-refractivity contribution in [2.75, 3.05) is 25.0 Å². The van der Waals surface area contributed by atoms with Gasteiger partial charge < -0.3 is 20.1 Å². The Balaban J connectivity index is 1.70. The molecule has 3 heterocycles. The minimum atomic E-state index is -0.264. The van der Waals surface area contributed by atoms with Gasteiger partial charge in [0.05, 0.1) is 0 Å². The molecule has 1 aliphatic rings. The number of aromatic nitrogens is 3. The first-order valence-electron chi connectivity index (χ1n) is 8.45. The molecule has 1 amide bonds. The molecule has 1 fully saturated rings. The van der Waals surface area contributed by atoms with Crippen LogP contribution < -0.4 is 15.5 Å². The lowest BCUT2D eigenvalue weighted by atomic mass is 10.2. The number of hydrogen-bond acceptors (Lipinski definition) is 7. The third kappa shape index (κ3) is 3.63. The number of aryl methyl sites for hydroxylation is 2. The molecule has 0 radical (unpaired) electrons. The van der Waals surface area contributed by atoms with Crippen molar-refractivity contribution in [2.45, 2.75) is 39.8 Å². The Morgan fingerprint density at radius 2 is 2.16 bits per heavy atom. The minimum Gasteiger partial charge on any atom is -0.364 e. The molecule has 1 aliphatic heterocycles. The summed E-state index contributed by atoms with van der Waals surface area (Å²) < 4.78 is 4.97. The molecule has 0 unspecified atom stereocenters. The lowest BCUT2D eigenvalue weighted by Crippen LogP contribution is -2.33. The summed E-state index contributed by atoms with van der Waals surface area (Å²) in [6.45, 7) is 8.30. The molecule has 0 aromatic carbocycles. The molecule has 0 saturated carbocycles. The highest BCUT2D eigenvalue weighted by Gasteiger charge is 2.26. The van der Waals surface area contributed by atoms with Crippen LogP contribution in [0.5, 0.6) is 0 Å². The normalized spacial score (nSPS) is 17.1. The summed E-state index contributed by atoms with van der Waals surface area (Å²) in [7, 11) is 1.59. The molecule has 2 aromatic rings. The van der Waals surface area contributed by atoms with E-state index >= 15 is 0 Å². The quantitative estimate of drug-likeness (QED) is 0.839. The molecule has 8 nitrogen and oxygen atoms in total. The van der Waals surface area contributed by atoms with Gasteiger partial charge in [-0.3, -0.25) is 4.79 Å². The average Bonchev–Trinajstić information content (AvgIpc) is 3.23. The fourth-order valence-corrected chi connectivity index (χ4v) is 2.98. The standard InChI is InChI=1S/C17H24N6O2/c1-10-9-25-22-14(10)7-19-13-5-6-23(8-13)16-11(2)12(3)20-15(21-16)17(24)18-4/h9,13,19H,5-8H2,1-4H3,(H,18,24)/t13-/m1/s1. The number of amides is 1. The van der Waals surface area contributed by atoms with Crippen molar-refractivity contribution in [3.05, 3.63) is 34.6 Å². The predicted molar refractivity (Wildman–Crippen MR) is 93.6 cm³/mol. The van der Waals surface area contributed by atoms with Crippen LogP contribution in [0.15, 0.2) is 10.8 Å². The fourth-order valence-electron chi connectivity index (χ4n) is 2.98. The van der Waals surface area contributed by atoms with E-state index in [2.05, 4.69) is 30.7 Å². The number of nitrogens with zero attached hydrogens (tertiary/aromatic N) is 4. The number of hydrogen-bond donors (Lipinski definition) is 2. The van der Waals surface area contributed by atoms with Crippen LogP contribution in [0.2, 0.25) is 0 Å². The number of carbonyl (C=O) groups excluding carboxylic acids is 1. The number of carbonyl (C=O) groups is 1. The summed E-state index contributed by atoms with van der Waals surface area (Å²) in [6, 6.07) is 0.342. The minimum absolute atomic E-state index is 0.218. The van der Waals surface area contributed by atoms with E-state index in [4.69, 9.17) is 4.52 Å². The molecule has 0 spiro atoms. The third-order valence-corrected chi connectivity index (χ3v) is 4.69. The Morgan fingerprint density at radius 1 is 1.36 bits per heavy atom. The topological polar surface area (TPSA) is 96.2 Å². The maximum atomic E-state index is 11.9. The van der Waals surface area contributed by atoms with Gasteiger partial charge in [-0.25, -0.2) is 9.97 Å². The van der Waals surface area contributed by atoms with Gasteiger partial charge >= 0.3 is 0 Å². The molecule has 0 aliphatic carbocycles. The zero-order chi connectivity index (χ0) is 18.0. The van der Waals surface area contributed by atoms with Crippen LogP contribution in [-0.2, 0) is 6.54 Å². The van der Waals surface area contributed by atoms with Gasteiger partial charge in [0.1, 0.15) is 17.8 Å². The second-order valence-electron chi connectivity index (χ2n) is 6.42. The van der Waals surface area contributed by atoms with Crippen molar-refractivity contribution in [2.24, 2.45) is 0 Å². The lowest BCUT2D eigenvalue weighted by molar-refractivity contribution is 0.0952. The number of nitrogens with one attached hydrogen (secondary N) is 2. The molecule has 134 valence electrons. The average molecular weight is 344 g/mol. The van der Waals surface area contributed by atoms with E-state index in [-0.39, 0.29) is 11.7 Å². The zero-order valence-electron chi connectivity index (χ0n) is 15.1. The van der Waals surface area contributed by atoms with E-state index in [0.29, 0.717) is 12.6 Å². The molecule has 2 aromatic heterocycles. The Kier molecular flexibility index (Phi) is 4.98. The molecule has 1 saturated heterocycles. The van der Waals surface area contributed by atoms with Crippen molar-refractivity contribution < 1.29 is 9.32 Å². The maximum Gasteiger partial charge on any atom is 0.288 e. The molecular weight excluding hydrogens is 320 g/mol. The molecule has 25 heavy (non-hydrogen) atoms. The highest BCUT2D eigenvalue weighted by Crippen LogP contribution is 2.24. The van der Waals surface area contributed by atoms with E-state index in [9.17, 15) is 4.79 Å².